The summed E-state index contributed by atoms with van der Waals surface area (Å²) < 4.78 is 49.7. The van der Waals surface area contributed by atoms with Gasteiger partial charge in [-0.3, -0.25) is 0 Å². The summed E-state index contributed by atoms with van der Waals surface area (Å²) in [5.74, 6) is -0.989. The van der Waals surface area contributed by atoms with Gasteiger partial charge in [-0.2, -0.15) is 17.7 Å². The molecule has 0 radical (unpaired) electrons. The number of alkyl halides is 3. The van der Waals surface area contributed by atoms with Crippen LogP contribution in [0.1, 0.15) is 30.8 Å². The highest BCUT2D eigenvalue weighted by Crippen LogP contribution is 2.43. The first-order valence-electron chi connectivity index (χ1n) is 6.12. The van der Waals surface area contributed by atoms with E-state index in [1.54, 1.807) is 12.1 Å². The van der Waals surface area contributed by atoms with Crippen molar-refractivity contribution in [3.8, 4) is 5.88 Å². The lowest BCUT2D eigenvalue weighted by Crippen LogP contribution is -2.07. The SMILES string of the molecule is CCC1OC1c1ccc(OC)n2nc(C(F)(F)F)nc12. The normalized spacial score (nSPS) is 22.2. The van der Waals surface area contributed by atoms with Gasteiger partial charge in [0.05, 0.1) is 13.2 Å². The maximum atomic E-state index is 12.7. The van der Waals surface area contributed by atoms with Crippen LogP contribution >= 0.6 is 0 Å². The van der Waals surface area contributed by atoms with Crippen LogP contribution in [0.4, 0.5) is 13.2 Å². The van der Waals surface area contributed by atoms with Gasteiger partial charge in [0.15, 0.2) is 5.65 Å². The smallest absolute Gasteiger partial charge is 0.453 e. The number of hydrogen-bond acceptors (Lipinski definition) is 4. The van der Waals surface area contributed by atoms with Crippen molar-refractivity contribution in [2.24, 2.45) is 0 Å². The molecule has 0 saturated carbocycles. The molecule has 8 heteroatoms. The molecular weight excluding hydrogens is 275 g/mol. The maximum Gasteiger partial charge on any atom is 0.453 e. The van der Waals surface area contributed by atoms with E-state index in [1.807, 2.05) is 6.92 Å². The van der Waals surface area contributed by atoms with Crippen LogP contribution < -0.4 is 4.74 Å². The van der Waals surface area contributed by atoms with Gasteiger partial charge >= 0.3 is 6.18 Å². The number of methoxy groups -OCH3 is 1. The number of nitrogens with zero attached hydrogens (tertiary/aromatic N) is 3. The molecule has 20 heavy (non-hydrogen) atoms. The van der Waals surface area contributed by atoms with Crippen LogP contribution in [0.15, 0.2) is 12.1 Å². The average molecular weight is 287 g/mol. The minimum atomic E-state index is -4.59. The van der Waals surface area contributed by atoms with E-state index in [0.717, 1.165) is 10.9 Å². The molecule has 1 aliphatic heterocycles. The Kier molecular flexibility index (Phi) is 2.86. The van der Waals surface area contributed by atoms with Crippen LogP contribution in [-0.4, -0.2) is 27.8 Å². The molecule has 0 aromatic carbocycles. The zero-order valence-corrected chi connectivity index (χ0v) is 10.8. The van der Waals surface area contributed by atoms with Gasteiger partial charge in [0.1, 0.15) is 6.10 Å². The summed E-state index contributed by atoms with van der Waals surface area (Å²) >= 11 is 0. The number of halogens is 3. The van der Waals surface area contributed by atoms with E-state index in [-0.39, 0.29) is 23.7 Å². The molecule has 0 N–H and O–H groups in total. The third kappa shape index (κ3) is 2.00. The fourth-order valence-electron chi connectivity index (χ4n) is 2.18. The van der Waals surface area contributed by atoms with Crippen molar-refractivity contribution in [1.29, 1.82) is 0 Å². The second-order valence-electron chi connectivity index (χ2n) is 4.50. The summed E-state index contributed by atoms with van der Waals surface area (Å²) in [7, 11) is 1.37. The summed E-state index contributed by atoms with van der Waals surface area (Å²) in [4.78, 5) is 3.59. The van der Waals surface area contributed by atoms with Gasteiger partial charge in [0, 0.05) is 11.6 Å². The third-order valence-electron chi connectivity index (χ3n) is 3.23. The molecule has 2 aromatic heterocycles. The molecule has 1 aliphatic rings. The highest BCUT2D eigenvalue weighted by molar-refractivity contribution is 5.53. The summed E-state index contributed by atoms with van der Waals surface area (Å²) in [6.07, 6.45) is -4.00. The Labute approximate surface area is 112 Å². The molecule has 5 nitrogen and oxygen atoms in total. The standard InChI is InChI=1S/C12H12F3N3O2/c1-3-7-9(20-7)6-4-5-8(19-2)18-10(6)16-11(17-18)12(13,14)15/h4-5,7,9H,3H2,1-2H3. The monoisotopic (exact) mass is 287 g/mol. The zero-order chi connectivity index (χ0) is 14.5. The van der Waals surface area contributed by atoms with Crippen molar-refractivity contribution < 1.29 is 22.6 Å². The fourth-order valence-corrected chi connectivity index (χ4v) is 2.18. The van der Waals surface area contributed by atoms with Crippen LogP contribution in [0.5, 0.6) is 5.88 Å². The number of epoxide rings is 1. The number of aromatic nitrogens is 3. The number of hydrogen-bond donors (Lipinski definition) is 0. The molecule has 2 aromatic rings. The number of pyridine rings is 1. The van der Waals surface area contributed by atoms with Crippen LogP contribution in [0.2, 0.25) is 0 Å². The van der Waals surface area contributed by atoms with Crippen molar-refractivity contribution in [3.63, 3.8) is 0 Å². The molecule has 1 fully saturated rings. The lowest BCUT2D eigenvalue weighted by atomic mass is 10.1. The molecule has 0 aliphatic carbocycles. The summed E-state index contributed by atoms with van der Waals surface area (Å²) in [5.41, 5.74) is 0.721. The molecule has 2 unspecified atom stereocenters. The zero-order valence-electron chi connectivity index (χ0n) is 10.8. The molecule has 0 bridgehead atoms. The summed E-state index contributed by atoms with van der Waals surface area (Å²) in [6, 6.07) is 3.23. The van der Waals surface area contributed by atoms with E-state index >= 15 is 0 Å². The van der Waals surface area contributed by atoms with Gasteiger partial charge in [-0.05, 0) is 12.5 Å². The van der Waals surface area contributed by atoms with Gasteiger partial charge in [-0.1, -0.05) is 6.92 Å². The van der Waals surface area contributed by atoms with Crippen LogP contribution in [-0.2, 0) is 10.9 Å². The summed E-state index contributed by atoms with van der Waals surface area (Å²) in [5, 5.41) is 3.48. The van der Waals surface area contributed by atoms with Crippen molar-refractivity contribution in [3.05, 3.63) is 23.5 Å². The molecular formula is C12H12F3N3O2. The van der Waals surface area contributed by atoms with Crippen LogP contribution in [0.25, 0.3) is 5.65 Å². The first-order valence-corrected chi connectivity index (χ1v) is 6.12. The lowest BCUT2D eigenvalue weighted by molar-refractivity contribution is -0.144. The Hall–Kier alpha value is -1.83. The summed E-state index contributed by atoms with van der Waals surface area (Å²) in [6.45, 7) is 1.95. The van der Waals surface area contributed by atoms with Crippen molar-refractivity contribution >= 4 is 5.65 Å². The van der Waals surface area contributed by atoms with Gasteiger partial charge < -0.3 is 9.47 Å². The van der Waals surface area contributed by atoms with Crippen LogP contribution in [0, 0.1) is 0 Å². The Balaban J connectivity index is 2.15. The fraction of sp³-hybridized carbons (Fsp3) is 0.500. The third-order valence-corrected chi connectivity index (χ3v) is 3.23. The van der Waals surface area contributed by atoms with E-state index < -0.39 is 12.0 Å². The Morgan fingerprint density at radius 1 is 1.40 bits per heavy atom. The van der Waals surface area contributed by atoms with Gasteiger partial charge in [0.2, 0.25) is 5.88 Å². The van der Waals surface area contributed by atoms with E-state index in [2.05, 4.69) is 10.1 Å². The second-order valence-corrected chi connectivity index (χ2v) is 4.50. The Morgan fingerprint density at radius 3 is 2.70 bits per heavy atom. The van der Waals surface area contributed by atoms with Crippen LogP contribution in [0.3, 0.4) is 0 Å². The lowest BCUT2D eigenvalue weighted by Gasteiger charge is -2.04. The average Bonchev–Trinajstić information content (AvgIpc) is 3.03. The van der Waals surface area contributed by atoms with E-state index in [1.165, 1.54) is 7.11 Å². The Morgan fingerprint density at radius 2 is 2.15 bits per heavy atom. The minimum Gasteiger partial charge on any atom is -0.481 e. The first kappa shape index (κ1) is 13.2. The predicted molar refractivity (Wildman–Crippen MR) is 62.4 cm³/mol. The predicted octanol–water partition coefficient (Wildman–Crippen LogP) is 2.61. The van der Waals surface area contributed by atoms with E-state index in [9.17, 15) is 13.2 Å². The van der Waals surface area contributed by atoms with Gasteiger partial charge in [-0.15, -0.1) is 5.10 Å². The molecule has 108 valence electrons. The van der Waals surface area contributed by atoms with Gasteiger partial charge in [-0.25, -0.2) is 4.98 Å². The van der Waals surface area contributed by atoms with Gasteiger partial charge in [0.25, 0.3) is 5.82 Å². The highest BCUT2D eigenvalue weighted by atomic mass is 19.4. The number of ether oxygens (including phenoxy) is 2. The topological polar surface area (TPSA) is 52.0 Å². The van der Waals surface area contributed by atoms with Crippen molar-refractivity contribution in [1.82, 2.24) is 14.6 Å². The number of fused-ring (bicyclic) bond motifs is 1. The maximum absolute atomic E-state index is 12.7. The molecule has 2 atom stereocenters. The van der Waals surface area contributed by atoms with E-state index in [4.69, 9.17) is 9.47 Å². The molecule has 1 saturated heterocycles. The number of rotatable bonds is 3. The van der Waals surface area contributed by atoms with E-state index in [0.29, 0.717) is 5.56 Å². The molecule has 0 amide bonds. The largest absolute Gasteiger partial charge is 0.481 e. The molecule has 0 spiro atoms. The van der Waals surface area contributed by atoms with Crippen molar-refractivity contribution in [2.45, 2.75) is 31.7 Å². The molecule has 3 heterocycles. The second kappa shape index (κ2) is 4.34. The Bertz CT molecular complexity index is 653. The quantitative estimate of drug-likeness (QED) is 0.814. The molecule has 3 rings (SSSR count). The highest BCUT2D eigenvalue weighted by Gasteiger charge is 2.42. The minimum absolute atomic E-state index is 0.0261. The van der Waals surface area contributed by atoms with Crippen molar-refractivity contribution in [2.75, 3.05) is 7.11 Å². The first-order chi connectivity index (χ1) is 9.45.